The summed E-state index contributed by atoms with van der Waals surface area (Å²) < 4.78 is 46.9. The number of benzene rings is 2. The smallest absolute Gasteiger partial charge is 0.387 e. The number of carbonyl (C=O) groups is 2. The number of rotatable bonds is 9. The fourth-order valence-corrected chi connectivity index (χ4v) is 3.73. The molecule has 34 heavy (non-hydrogen) atoms. The van der Waals surface area contributed by atoms with Crippen molar-refractivity contribution in [2.75, 3.05) is 14.2 Å². The molecule has 0 amide bonds. The van der Waals surface area contributed by atoms with Crippen LogP contribution in [0.2, 0.25) is 0 Å². The van der Waals surface area contributed by atoms with Crippen molar-refractivity contribution >= 4 is 11.8 Å². The van der Waals surface area contributed by atoms with Crippen molar-refractivity contribution in [2.45, 2.75) is 33.5 Å². The predicted molar refractivity (Wildman–Crippen MR) is 121 cm³/mol. The van der Waals surface area contributed by atoms with E-state index in [1.54, 1.807) is 47.9 Å². The molecule has 0 saturated heterocycles. The minimum absolute atomic E-state index is 0.0322. The molecule has 3 rings (SSSR count). The van der Waals surface area contributed by atoms with Crippen molar-refractivity contribution in [3.8, 4) is 22.9 Å². The molecule has 1 heterocycles. The highest BCUT2D eigenvalue weighted by molar-refractivity contribution is 6.03. The van der Waals surface area contributed by atoms with Crippen LogP contribution in [0.3, 0.4) is 0 Å². The van der Waals surface area contributed by atoms with E-state index in [2.05, 4.69) is 4.74 Å². The molecule has 0 aliphatic heterocycles. The number of alkyl halides is 2. The molecule has 0 fully saturated rings. The van der Waals surface area contributed by atoms with Crippen LogP contribution in [-0.4, -0.2) is 43.3 Å². The molecule has 0 aliphatic carbocycles. The Kier molecular flexibility index (Phi) is 7.55. The number of ketones is 1. The van der Waals surface area contributed by atoms with Crippen LogP contribution in [0.4, 0.5) is 8.78 Å². The fourth-order valence-electron chi connectivity index (χ4n) is 3.73. The van der Waals surface area contributed by atoms with Crippen molar-refractivity contribution in [1.29, 1.82) is 0 Å². The molecule has 0 N–H and O–H groups in total. The zero-order valence-corrected chi connectivity index (χ0v) is 19.4. The second kappa shape index (κ2) is 10.4. The van der Waals surface area contributed by atoms with Crippen LogP contribution < -0.4 is 14.2 Å². The van der Waals surface area contributed by atoms with E-state index in [9.17, 15) is 18.4 Å². The number of methoxy groups -OCH3 is 2. The van der Waals surface area contributed by atoms with Gasteiger partial charge in [0.2, 0.25) is 5.78 Å². The van der Waals surface area contributed by atoms with Gasteiger partial charge < -0.3 is 23.5 Å². The van der Waals surface area contributed by atoms with Crippen molar-refractivity contribution < 1.29 is 37.3 Å². The number of esters is 1. The fraction of sp³-hybridized carbons (Fsp3) is 0.280. The van der Waals surface area contributed by atoms with E-state index in [1.807, 2.05) is 6.92 Å². The first-order valence-electron chi connectivity index (χ1n) is 10.4. The van der Waals surface area contributed by atoms with E-state index in [1.165, 1.54) is 33.3 Å². The third kappa shape index (κ3) is 5.03. The van der Waals surface area contributed by atoms with Gasteiger partial charge in [0.25, 0.3) is 0 Å². The maximum atomic E-state index is 13.2. The second-order valence-electron chi connectivity index (χ2n) is 7.44. The largest absolute Gasteiger partial charge is 0.496 e. The minimum atomic E-state index is -2.91. The standard InChI is InChI=1S/C25H25F2NO6/c1-14-13-19(15(2)28(14)17-9-11-18(12-10-17)34-25(26)27)23(29)16(3)33-24(30)22-20(31-4)7-6-8-21(22)32-5/h6-13,16,25H,1-5H3. The Morgan fingerprint density at radius 1 is 0.941 bits per heavy atom. The summed E-state index contributed by atoms with van der Waals surface area (Å²) in [5, 5.41) is 0. The summed E-state index contributed by atoms with van der Waals surface area (Å²) in [6.45, 7) is 2.14. The lowest BCUT2D eigenvalue weighted by molar-refractivity contribution is -0.0498. The first kappa shape index (κ1) is 24.8. The van der Waals surface area contributed by atoms with Crippen LogP contribution in [0.25, 0.3) is 5.69 Å². The molecule has 0 aliphatic rings. The highest BCUT2D eigenvalue weighted by Gasteiger charge is 2.27. The van der Waals surface area contributed by atoms with Crippen LogP contribution in [-0.2, 0) is 4.74 Å². The number of Topliss-reactive ketones (excluding diaryl/α,β-unsaturated/α-hetero) is 1. The third-order valence-electron chi connectivity index (χ3n) is 5.30. The molecule has 0 radical (unpaired) electrons. The van der Waals surface area contributed by atoms with Crippen LogP contribution in [0, 0.1) is 13.8 Å². The number of ether oxygens (including phenoxy) is 4. The Bertz CT molecular complexity index is 1160. The van der Waals surface area contributed by atoms with E-state index in [-0.39, 0.29) is 28.6 Å². The SMILES string of the molecule is COc1cccc(OC)c1C(=O)OC(C)C(=O)c1cc(C)n(-c2ccc(OC(F)F)cc2)c1C. The summed E-state index contributed by atoms with van der Waals surface area (Å²) in [7, 11) is 2.84. The third-order valence-corrected chi connectivity index (χ3v) is 5.30. The monoisotopic (exact) mass is 473 g/mol. The summed E-state index contributed by atoms with van der Waals surface area (Å²) in [5.41, 5.74) is 2.48. The Balaban J connectivity index is 1.84. The van der Waals surface area contributed by atoms with Gasteiger partial charge in [0, 0.05) is 22.6 Å². The van der Waals surface area contributed by atoms with Crippen molar-refractivity contribution in [3.63, 3.8) is 0 Å². The first-order valence-corrected chi connectivity index (χ1v) is 10.4. The van der Waals surface area contributed by atoms with Gasteiger partial charge in [-0.3, -0.25) is 4.79 Å². The first-order chi connectivity index (χ1) is 16.2. The highest BCUT2D eigenvalue weighted by Crippen LogP contribution is 2.30. The Morgan fingerprint density at radius 2 is 1.53 bits per heavy atom. The van der Waals surface area contributed by atoms with E-state index in [0.29, 0.717) is 16.9 Å². The molecule has 1 atom stereocenters. The van der Waals surface area contributed by atoms with Gasteiger partial charge in [0.15, 0.2) is 6.10 Å². The minimum Gasteiger partial charge on any atom is -0.496 e. The van der Waals surface area contributed by atoms with Crippen molar-refractivity contribution in [1.82, 2.24) is 4.57 Å². The summed E-state index contributed by atoms with van der Waals surface area (Å²) in [5.74, 6) is -0.578. The molecular formula is C25H25F2NO6. The van der Waals surface area contributed by atoms with Crippen molar-refractivity contribution in [2.24, 2.45) is 0 Å². The lowest BCUT2D eigenvalue weighted by Crippen LogP contribution is -2.25. The van der Waals surface area contributed by atoms with Gasteiger partial charge >= 0.3 is 12.6 Å². The van der Waals surface area contributed by atoms with Crippen LogP contribution >= 0.6 is 0 Å². The van der Waals surface area contributed by atoms with Crippen LogP contribution in [0.1, 0.15) is 39.0 Å². The summed E-state index contributed by atoms with van der Waals surface area (Å²) in [6.07, 6.45) is -1.09. The van der Waals surface area contributed by atoms with Crippen molar-refractivity contribution in [3.05, 3.63) is 71.0 Å². The molecule has 180 valence electrons. The van der Waals surface area contributed by atoms with Gasteiger partial charge in [-0.1, -0.05) is 6.07 Å². The van der Waals surface area contributed by atoms with Gasteiger partial charge in [0.05, 0.1) is 14.2 Å². The Morgan fingerprint density at radius 3 is 2.06 bits per heavy atom. The molecule has 1 aromatic heterocycles. The average Bonchev–Trinajstić information content (AvgIpc) is 3.11. The van der Waals surface area contributed by atoms with Gasteiger partial charge in [-0.2, -0.15) is 8.78 Å². The number of carbonyl (C=O) groups excluding carboxylic acids is 2. The second-order valence-corrected chi connectivity index (χ2v) is 7.44. The zero-order valence-electron chi connectivity index (χ0n) is 19.4. The van der Waals surface area contributed by atoms with E-state index in [0.717, 1.165) is 5.69 Å². The zero-order chi connectivity index (χ0) is 25.0. The molecule has 3 aromatic rings. The van der Waals surface area contributed by atoms with Crippen LogP contribution in [0.5, 0.6) is 17.2 Å². The summed E-state index contributed by atoms with van der Waals surface area (Å²) in [4.78, 5) is 26.0. The predicted octanol–water partition coefficient (Wildman–Crippen LogP) is 5.14. The molecule has 9 heteroatoms. The normalized spacial score (nSPS) is 11.8. The molecular weight excluding hydrogens is 448 g/mol. The molecule has 1 unspecified atom stereocenters. The average molecular weight is 473 g/mol. The number of hydrogen-bond donors (Lipinski definition) is 0. The molecule has 0 saturated carbocycles. The molecule has 2 aromatic carbocycles. The molecule has 7 nitrogen and oxygen atoms in total. The highest BCUT2D eigenvalue weighted by atomic mass is 19.3. The van der Waals surface area contributed by atoms with Gasteiger partial charge in [-0.25, -0.2) is 4.79 Å². The number of aromatic nitrogens is 1. The quantitative estimate of drug-likeness (QED) is 0.316. The maximum absolute atomic E-state index is 13.2. The van der Waals surface area contributed by atoms with Crippen LogP contribution in [0.15, 0.2) is 48.5 Å². The maximum Gasteiger partial charge on any atom is 0.387 e. The molecule has 0 spiro atoms. The lowest BCUT2D eigenvalue weighted by Gasteiger charge is -2.16. The number of aryl methyl sites for hydroxylation is 1. The Labute approximate surface area is 195 Å². The van der Waals surface area contributed by atoms with E-state index >= 15 is 0 Å². The van der Waals surface area contributed by atoms with Gasteiger partial charge in [0.1, 0.15) is 22.8 Å². The van der Waals surface area contributed by atoms with E-state index in [4.69, 9.17) is 14.2 Å². The number of nitrogens with zero attached hydrogens (tertiary/aromatic N) is 1. The Hall–Kier alpha value is -3.88. The topological polar surface area (TPSA) is 76.0 Å². The lowest BCUT2D eigenvalue weighted by atomic mass is 10.1. The van der Waals surface area contributed by atoms with Gasteiger partial charge in [-0.05, 0) is 63.2 Å². The van der Waals surface area contributed by atoms with Gasteiger partial charge in [-0.15, -0.1) is 0 Å². The number of halogens is 2. The van der Waals surface area contributed by atoms with E-state index < -0.39 is 18.7 Å². The summed E-state index contributed by atoms with van der Waals surface area (Å²) >= 11 is 0. The summed E-state index contributed by atoms with van der Waals surface area (Å²) in [6, 6.07) is 12.6. The number of hydrogen-bond acceptors (Lipinski definition) is 6. The molecule has 0 bridgehead atoms.